The molecular formula is C14H17N3O2. The highest BCUT2D eigenvalue weighted by molar-refractivity contribution is 5.63. The minimum absolute atomic E-state index is 0.335. The molecular weight excluding hydrogens is 242 g/mol. The summed E-state index contributed by atoms with van der Waals surface area (Å²) in [5, 5.41) is 7.28. The molecule has 0 saturated heterocycles. The Bertz CT molecular complexity index is 566. The summed E-state index contributed by atoms with van der Waals surface area (Å²) in [5.74, 6) is 2.09. The van der Waals surface area contributed by atoms with Crippen LogP contribution in [0.3, 0.4) is 0 Å². The van der Waals surface area contributed by atoms with Gasteiger partial charge < -0.3 is 14.6 Å². The highest BCUT2D eigenvalue weighted by Gasteiger charge is 2.14. The summed E-state index contributed by atoms with van der Waals surface area (Å²) in [7, 11) is 0. The first-order valence-electron chi connectivity index (χ1n) is 6.67. The van der Waals surface area contributed by atoms with E-state index in [9.17, 15) is 0 Å². The van der Waals surface area contributed by atoms with Gasteiger partial charge in [0.1, 0.15) is 5.75 Å². The number of ether oxygens (including phenoxy) is 1. The number of rotatable bonds is 4. The van der Waals surface area contributed by atoms with Gasteiger partial charge in [-0.3, -0.25) is 0 Å². The molecule has 5 nitrogen and oxygen atoms in total. The number of fused-ring (bicyclic) bond motifs is 1. The van der Waals surface area contributed by atoms with Crippen molar-refractivity contribution >= 4 is 5.69 Å². The van der Waals surface area contributed by atoms with Crippen molar-refractivity contribution in [2.45, 2.75) is 32.8 Å². The normalized spacial score (nSPS) is 13.7. The average Bonchev–Trinajstić information content (AvgIpc) is 2.93. The first kappa shape index (κ1) is 12.0. The number of para-hydroxylation sites is 1. The van der Waals surface area contributed by atoms with Crippen LogP contribution in [0.25, 0.3) is 0 Å². The van der Waals surface area contributed by atoms with E-state index in [1.807, 2.05) is 19.1 Å². The Hall–Kier alpha value is -2.04. The number of nitrogens with zero attached hydrogens (tertiary/aromatic N) is 2. The smallest absolute Gasteiger partial charge is 0.226 e. The molecule has 0 saturated carbocycles. The second kappa shape index (κ2) is 5.30. The van der Waals surface area contributed by atoms with Gasteiger partial charge in [-0.25, -0.2) is 0 Å². The van der Waals surface area contributed by atoms with Crippen molar-refractivity contribution in [2.24, 2.45) is 0 Å². The van der Waals surface area contributed by atoms with Crippen molar-refractivity contribution in [3.05, 3.63) is 35.5 Å². The number of anilines is 1. The predicted octanol–water partition coefficient (Wildman–Crippen LogP) is 2.57. The monoisotopic (exact) mass is 259 g/mol. The Morgan fingerprint density at radius 2 is 2.37 bits per heavy atom. The van der Waals surface area contributed by atoms with E-state index < -0.39 is 0 Å². The third kappa shape index (κ3) is 2.54. The molecule has 0 fully saturated rings. The number of aryl methyl sites for hydroxylation is 2. The fraction of sp³-hybridized carbons (Fsp3) is 0.429. The van der Waals surface area contributed by atoms with Crippen molar-refractivity contribution in [1.29, 1.82) is 0 Å². The van der Waals surface area contributed by atoms with Crippen LogP contribution in [0.5, 0.6) is 5.75 Å². The fourth-order valence-electron chi connectivity index (χ4n) is 2.23. The van der Waals surface area contributed by atoms with Gasteiger partial charge in [0.25, 0.3) is 0 Å². The predicted molar refractivity (Wildman–Crippen MR) is 71.3 cm³/mol. The van der Waals surface area contributed by atoms with Crippen LogP contribution in [0.4, 0.5) is 5.69 Å². The molecule has 0 radical (unpaired) electrons. The van der Waals surface area contributed by atoms with E-state index in [-0.39, 0.29) is 0 Å². The van der Waals surface area contributed by atoms with Crippen molar-refractivity contribution in [3.8, 4) is 5.75 Å². The van der Waals surface area contributed by atoms with Crippen LogP contribution < -0.4 is 10.1 Å². The van der Waals surface area contributed by atoms with Crippen LogP contribution in [0.15, 0.2) is 22.7 Å². The van der Waals surface area contributed by atoms with E-state index >= 15 is 0 Å². The standard InChI is InChI=1S/C14H17N3O2/c1-2-13-16-12(17-19-13)9-18-11-7-3-5-10-6-4-8-15-14(10)11/h3,5,7,15H,2,4,6,8-9H2,1H3. The molecule has 0 bridgehead atoms. The molecule has 1 aliphatic rings. The molecule has 1 aromatic carbocycles. The first-order valence-corrected chi connectivity index (χ1v) is 6.67. The van der Waals surface area contributed by atoms with Gasteiger partial charge in [-0.1, -0.05) is 24.2 Å². The van der Waals surface area contributed by atoms with Crippen molar-refractivity contribution in [1.82, 2.24) is 10.1 Å². The fourth-order valence-corrected chi connectivity index (χ4v) is 2.23. The van der Waals surface area contributed by atoms with Crippen LogP contribution >= 0.6 is 0 Å². The van der Waals surface area contributed by atoms with E-state index in [4.69, 9.17) is 9.26 Å². The highest BCUT2D eigenvalue weighted by atomic mass is 16.5. The molecule has 0 atom stereocenters. The molecule has 1 N–H and O–H groups in total. The summed E-state index contributed by atoms with van der Waals surface area (Å²) < 4.78 is 10.9. The Labute approximate surface area is 112 Å². The molecule has 0 amide bonds. The number of hydrogen-bond donors (Lipinski definition) is 1. The van der Waals surface area contributed by atoms with Crippen LogP contribution in [0.1, 0.15) is 30.6 Å². The van der Waals surface area contributed by atoms with Gasteiger partial charge in [0.05, 0.1) is 5.69 Å². The molecule has 1 aliphatic heterocycles. The maximum Gasteiger partial charge on any atom is 0.226 e. The molecule has 0 aliphatic carbocycles. The maximum atomic E-state index is 5.80. The van der Waals surface area contributed by atoms with Gasteiger partial charge >= 0.3 is 0 Å². The Kier molecular flexibility index (Phi) is 3.35. The molecule has 0 unspecified atom stereocenters. The summed E-state index contributed by atoms with van der Waals surface area (Å²) in [6.45, 7) is 3.31. The molecule has 2 aromatic rings. The molecule has 100 valence electrons. The lowest BCUT2D eigenvalue weighted by Crippen LogP contribution is -2.13. The van der Waals surface area contributed by atoms with Crippen LogP contribution in [-0.2, 0) is 19.4 Å². The second-order valence-electron chi connectivity index (χ2n) is 4.57. The zero-order valence-electron chi connectivity index (χ0n) is 11.0. The molecule has 1 aromatic heterocycles. The number of nitrogens with one attached hydrogen (secondary N) is 1. The van der Waals surface area contributed by atoms with Crippen LogP contribution in [0, 0.1) is 0 Å². The maximum absolute atomic E-state index is 5.80. The minimum Gasteiger partial charge on any atom is -0.483 e. The summed E-state index contributed by atoms with van der Waals surface area (Å²) in [6.07, 6.45) is 3.01. The Morgan fingerprint density at radius 1 is 1.42 bits per heavy atom. The van der Waals surface area contributed by atoms with Crippen LogP contribution in [0.2, 0.25) is 0 Å². The number of aromatic nitrogens is 2. The third-order valence-electron chi connectivity index (χ3n) is 3.21. The van der Waals surface area contributed by atoms with Gasteiger partial charge in [-0.2, -0.15) is 4.98 Å². The first-order chi connectivity index (χ1) is 9.36. The van der Waals surface area contributed by atoms with E-state index in [2.05, 4.69) is 21.5 Å². The lowest BCUT2D eigenvalue weighted by atomic mass is 10.0. The van der Waals surface area contributed by atoms with Gasteiger partial charge in [0.2, 0.25) is 11.7 Å². The number of hydrogen-bond acceptors (Lipinski definition) is 5. The Morgan fingerprint density at radius 3 is 3.21 bits per heavy atom. The van der Waals surface area contributed by atoms with Gasteiger partial charge in [0.15, 0.2) is 6.61 Å². The molecule has 0 spiro atoms. The summed E-state index contributed by atoms with van der Waals surface area (Å²) in [5.41, 5.74) is 2.42. The highest BCUT2D eigenvalue weighted by Crippen LogP contribution is 2.32. The average molecular weight is 259 g/mol. The zero-order valence-corrected chi connectivity index (χ0v) is 11.0. The van der Waals surface area contributed by atoms with Gasteiger partial charge in [0, 0.05) is 13.0 Å². The molecule has 5 heteroatoms. The number of benzene rings is 1. The molecule has 3 rings (SSSR count). The topological polar surface area (TPSA) is 60.2 Å². The van der Waals surface area contributed by atoms with Gasteiger partial charge in [-0.05, 0) is 24.5 Å². The van der Waals surface area contributed by atoms with E-state index in [0.717, 1.165) is 30.8 Å². The van der Waals surface area contributed by atoms with Crippen LogP contribution in [-0.4, -0.2) is 16.7 Å². The van der Waals surface area contributed by atoms with E-state index in [0.29, 0.717) is 18.3 Å². The largest absolute Gasteiger partial charge is 0.483 e. The summed E-state index contributed by atoms with van der Waals surface area (Å²) in [6, 6.07) is 6.13. The zero-order chi connectivity index (χ0) is 13.1. The van der Waals surface area contributed by atoms with Crippen molar-refractivity contribution in [2.75, 3.05) is 11.9 Å². The molecule has 2 heterocycles. The van der Waals surface area contributed by atoms with Crippen molar-refractivity contribution in [3.63, 3.8) is 0 Å². The SMILES string of the molecule is CCc1nc(COc2cccc3c2NCCC3)no1. The lowest BCUT2D eigenvalue weighted by Gasteiger charge is -2.20. The minimum atomic E-state index is 0.335. The summed E-state index contributed by atoms with van der Waals surface area (Å²) in [4.78, 5) is 4.23. The summed E-state index contributed by atoms with van der Waals surface area (Å²) >= 11 is 0. The Balaban J connectivity index is 1.73. The second-order valence-corrected chi connectivity index (χ2v) is 4.57. The van der Waals surface area contributed by atoms with E-state index in [1.54, 1.807) is 0 Å². The molecule has 19 heavy (non-hydrogen) atoms. The lowest BCUT2D eigenvalue weighted by molar-refractivity contribution is 0.286. The third-order valence-corrected chi connectivity index (χ3v) is 3.21. The van der Waals surface area contributed by atoms with E-state index in [1.165, 1.54) is 12.0 Å². The quantitative estimate of drug-likeness (QED) is 0.914. The van der Waals surface area contributed by atoms with Gasteiger partial charge in [-0.15, -0.1) is 0 Å². The van der Waals surface area contributed by atoms with Crippen molar-refractivity contribution < 1.29 is 9.26 Å².